The summed E-state index contributed by atoms with van der Waals surface area (Å²) in [6, 6.07) is 14.4. The number of carbonyl (C=O) groups excluding carboxylic acids is 1. The first-order chi connectivity index (χ1) is 9.60. The molecule has 0 bridgehead atoms. The second-order valence-corrected chi connectivity index (χ2v) is 4.56. The molecule has 0 saturated heterocycles. The molecule has 0 aliphatic carbocycles. The topological polar surface area (TPSA) is 78.9 Å². The van der Waals surface area contributed by atoms with Crippen molar-refractivity contribution in [2.45, 2.75) is 13.5 Å². The van der Waals surface area contributed by atoms with Gasteiger partial charge in [0, 0.05) is 17.8 Å². The Kier molecular flexibility index (Phi) is 4.02. The lowest BCUT2D eigenvalue weighted by Gasteiger charge is -2.07. The molecule has 2 aromatic rings. The van der Waals surface area contributed by atoms with Crippen LogP contribution in [0.2, 0.25) is 0 Å². The number of nitriles is 1. The molecule has 0 aromatic heterocycles. The van der Waals surface area contributed by atoms with Crippen molar-refractivity contribution in [1.82, 2.24) is 5.32 Å². The van der Waals surface area contributed by atoms with Gasteiger partial charge in [-0.1, -0.05) is 18.2 Å². The molecule has 4 heteroatoms. The molecule has 2 aromatic carbocycles. The van der Waals surface area contributed by atoms with Crippen molar-refractivity contribution in [3.8, 4) is 6.07 Å². The molecule has 0 atom stereocenters. The average molecular weight is 265 g/mol. The molecular formula is C16H15N3O. The van der Waals surface area contributed by atoms with Gasteiger partial charge in [0.2, 0.25) is 0 Å². The predicted molar refractivity (Wildman–Crippen MR) is 77.9 cm³/mol. The van der Waals surface area contributed by atoms with Crippen molar-refractivity contribution < 1.29 is 4.79 Å². The van der Waals surface area contributed by atoms with Crippen molar-refractivity contribution in [1.29, 1.82) is 5.26 Å². The second-order valence-electron chi connectivity index (χ2n) is 4.56. The molecule has 0 radical (unpaired) electrons. The number of benzene rings is 2. The summed E-state index contributed by atoms with van der Waals surface area (Å²) >= 11 is 0. The van der Waals surface area contributed by atoms with E-state index in [0.717, 1.165) is 11.1 Å². The van der Waals surface area contributed by atoms with Crippen LogP contribution >= 0.6 is 0 Å². The van der Waals surface area contributed by atoms with Gasteiger partial charge in [0.15, 0.2) is 0 Å². The monoisotopic (exact) mass is 265 g/mol. The maximum atomic E-state index is 12.0. The lowest BCUT2D eigenvalue weighted by atomic mass is 10.1. The minimum absolute atomic E-state index is 0.166. The molecule has 3 N–H and O–H groups in total. The summed E-state index contributed by atoms with van der Waals surface area (Å²) in [6.07, 6.45) is 0. The first-order valence-corrected chi connectivity index (χ1v) is 6.23. The van der Waals surface area contributed by atoms with Crippen molar-refractivity contribution in [3.63, 3.8) is 0 Å². The van der Waals surface area contributed by atoms with Gasteiger partial charge in [-0.3, -0.25) is 4.79 Å². The molecule has 0 aliphatic heterocycles. The molecule has 0 heterocycles. The first-order valence-electron chi connectivity index (χ1n) is 6.23. The summed E-state index contributed by atoms with van der Waals surface area (Å²) in [4.78, 5) is 12.0. The Morgan fingerprint density at radius 1 is 1.25 bits per heavy atom. The van der Waals surface area contributed by atoms with Crippen LogP contribution in [0.1, 0.15) is 27.0 Å². The van der Waals surface area contributed by atoms with E-state index in [1.54, 1.807) is 24.3 Å². The minimum Gasteiger partial charge on any atom is -0.398 e. The number of anilines is 1. The summed E-state index contributed by atoms with van der Waals surface area (Å²) in [6.45, 7) is 2.31. The van der Waals surface area contributed by atoms with E-state index >= 15 is 0 Å². The standard InChI is InChI=1S/C16H15N3O/c1-11-2-7-14(8-15(11)18)16(20)19-10-13-5-3-12(9-17)4-6-13/h2-8H,10,18H2,1H3,(H,19,20). The molecule has 1 amide bonds. The van der Waals surface area contributed by atoms with Gasteiger partial charge in [-0.15, -0.1) is 0 Å². The largest absolute Gasteiger partial charge is 0.398 e. The van der Waals surface area contributed by atoms with Gasteiger partial charge in [0.05, 0.1) is 11.6 Å². The van der Waals surface area contributed by atoms with E-state index in [-0.39, 0.29) is 5.91 Å². The third-order valence-electron chi connectivity index (χ3n) is 3.08. The number of aryl methyl sites for hydroxylation is 1. The summed E-state index contributed by atoms with van der Waals surface area (Å²) in [5, 5.41) is 11.5. The van der Waals surface area contributed by atoms with Crippen LogP contribution in [0, 0.1) is 18.3 Å². The highest BCUT2D eigenvalue weighted by molar-refractivity contribution is 5.95. The van der Waals surface area contributed by atoms with Gasteiger partial charge < -0.3 is 11.1 Å². The molecule has 0 spiro atoms. The highest BCUT2D eigenvalue weighted by Crippen LogP contribution is 2.13. The average Bonchev–Trinajstić information content (AvgIpc) is 2.48. The number of rotatable bonds is 3. The fourth-order valence-electron chi connectivity index (χ4n) is 1.76. The number of nitrogens with zero attached hydrogens (tertiary/aromatic N) is 1. The fraction of sp³-hybridized carbons (Fsp3) is 0.125. The van der Waals surface area contributed by atoms with Gasteiger partial charge >= 0.3 is 0 Å². The van der Waals surface area contributed by atoms with Crippen molar-refractivity contribution in [2.75, 3.05) is 5.73 Å². The van der Waals surface area contributed by atoms with Crippen LogP contribution in [-0.4, -0.2) is 5.91 Å². The lowest BCUT2D eigenvalue weighted by molar-refractivity contribution is 0.0951. The van der Waals surface area contributed by atoms with Crippen molar-refractivity contribution >= 4 is 11.6 Å². The van der Waals surface area contributed by atoms with Gasteiger partial charge in [0.1, 0.15) is 0 Å². The summed E-state index contributed by atoms with van der Waals surface area (Å²) in [7, 11) is 0. The number of nitrogens with one attached hydrogen (secondary N) is 1. The Bertz CT molecular complexity index is 669. The third-order valence-corrected chi connectivity index (χ3v) is 3.08. The predicted octanol–water partition coefficient (Wildman–Crippen LogP) is 2.38. The Labute approximate surface area is 117 Å². The maximum Gasteiger partial charge on any atom is 0.251 e. The lowest BCUT2D eigenvalue weighted by Crippen LogP contribution is -2.22. The van der Waals surface area contributed by atoms with E-state index in [1.165, 1.54) is 0 Å². The molecule has 0 saturated carbocycles. The normalized spacial score (nSPS) is 9.80. The van der Waals surface area contributed by atoms with Crippen LogP contribution in [0.15, 0.2) is 42.5 Å². The maximum absolute atomic E-state index is 12.0. The summed E-state index contributed by atoms with van der Waals surface area (Å²) in [5.41, 5.74) is 9.44. The van der Waals surface area contributed by atoms with E-state index in [0.29, 0.717) is 23.4 Å². The highest BCUT2D eigenvalue weighted by atomic mass is 16.1. The van der Waals surface area contributed by atoms with E-state index in [1.807, 2.05) is 25.1 Å². The van der Waals surface area contributed by atoms with Gasteiger partial charge in [0.25, 0.3) is 5.91 Å². The number of amides is 1. The van der Waals surface area contributed by atoms with Crippen LogP contribution in [0.5, 0.6) is 0 Å². The van der Waals surface area contributed by atoms with Crippen LogP contribution in [-0.2, 0) is 6.54 Å². The van der Waals surface area contributed by atoms with Crippen LogP contribution in [0.3, 0.4) is 0 Å². The second kappa shape index (κ2) is 5.89. The first kappa shape index (κ1) is 13.6. The Hall–Kier alpha value is -2.80. The quantitative estimate of drug-likeness (QED) is 0.836. The molecule has 0 aliphatic rings. The van der Waals surface area contributed by atoms with Gasteiger partial charge in [-0.25, -0.2) is 0 Å². The van der Waals surface area contributed by atoms with Crippen molar-refractivity contribution in [3.05, 3.63) is 64.7 Å². The number of carbonyl (C=O) groups is 1. The Balaban J connectivity index is 2.01. The number of nitrogen functional groups attached to an aromatic ring is 1. The van der Waals surface area contributed by atoms with E-state index in [9.17, 15) is 4.79 Å². The number of hydrogen-bond donors (Lipinski definition) is 2. The summed E-state index contributed by atoms with van der Waals surface area (Å²) < 4.78 is 0. The molecule has 2 rings (SSSR count). The van der Waals surface area contributed by atoms with E-state index < -0.39 is 0 Å². The Morgan fingerprint density at radius 2 is 1.95 bits per heavy atom. The minimum atomic E-state index is -0.166. The number of hydrogen-bond acceptors (Lipinski definition) is 3. The highest BCUT2D eigenvalue weighted by Gasteiger charge is 2.06. The van der Waals surface area contributed by atoms with Gasteiger partial charge in [-0.2, -0.15) is 5.26 Å². The van der Waals surface area contributed by atoms with Crippen LogP contribution in [0.4, 0.5) is 5.69 Å². The molecular weight excluding hydrogens is 250 g/mol. The SMILES string of the molecule is Cc1ccc(C(=O)NCc2ccc(C#N)cc2)cc1N. The molecule has 4 nitrogen and oxygen atoms in total. The van der Waals surface area contributed by atoms with Gasteiger partial charge in [-0.05, 0) is 42.3 Å². The summed E-state index contributed by atoms with van der Waals surface area (Å²) in [5.74, 6) is -0.166. The third kappa shape index (κ3) is 3.15. The van der Waals surface area contributed by atoms with Crippen LogP contribution in [0.25, 0.3) is 0 Å². The smallest absolute Gasteiger partial charge is 0.251 e. The van der Waals surface area contributed by atoms with Crippen LogP contribution < -0.4 is 11.1 Å². The molecule has 100 valence electrons. The zero-order chi connectivity index (χ0) is 14.5. The molecule has 0 fully saturated rings. The number of nitrogens with two attached hydrogens (primary N) is 1. The zero-order valence-electron chi connectivity index (χ0n) is 11.2. The Morgan fingerprint density at radius 3 is 2.55 bits per heavy atom. The zero-order valence-corrected chi connectivity index (χ0v) is 11.2. The van der Waals surface area contributed by atoms with E-state index in [4.69, 9.17) is 11.0 Å². The fourth-order valence-corrected chi connectivity index (χ4v) is 1.76. The molecule has 20 heavy (non-hydrogen) atoms. The van der Waals surface area contributed by atoms with Crippen molar-refractivity contribution in [2.24, 2.45) is 0 Å². The van der Waals surface area contributed by atoms with E-state index in [2.05, 4.69) is 11.4 Å². The molecule has 0 unspecified atom stereocenters.